The normalized spacial score (nSPS) is 12.3. The molecule has 0 aromatic carbocycles. The number of amides is 2. The number of hydrogen-bond acceptors (Lipinski definition) is 3. The molecule has 1 unspecified atom stereocenters. The van der Waals surface area contributed by atoms with Crippen molar-refractivity contribution in [3.63, 3.8) is 0 Å². The first-order chi connectivity index (χ1) is 4.57. The van der Waals surface area contributed by atoms with Gasteiger partial charge in [0.05, 0.1) is 6.04 Å². The fourth-order valence-corrected chi connectivity index (χ4v) is 0.452. The van der Waals surface area contributed by atoms with Gasteiger partial charge in [-0.2, -0.15) is 0 Å². The number of nitrogens with one attached hydrogen (secondary N) is 1. The van der Waals surface area contributed by atoms with E-state index in [1.54, 1.807) is 6.92 Å². The standard InChI is InChI=1S/C6H12N2O2/c1-3-5(7)6(10)8-4(2)9/h5H,3,7H2,1-2H3,(H,8,9,10). The van der Waals surface area contributed by atoms with Crippen LogP contribution in [0.15, 0.2) is 0 Å². The lowest BCUT2D eigenvalue weighted by atomic mass is 10.2. The van der Waals surface area contributed by atoms with E-state index < -0.39 is 11.9 Å². The highest BCUT2D eigenvalue weighted by atomic mass is 16.2. The van der Waals surface area contributed by atoms with E-state index in [9.17, 15) is 9.59 Å². The minimum Gasteiger partial charge on any atom is -0.320 e. The van der Waals surface area contributed by atoms with Gasteiger partial charge in [-0.3, -0.25) is 14.9 Å². The molecule has 0 radical (unpaired) electrons. The second-order valence-corrected chi connectivity index (χ2v) is 2.06. The van der Waals surface area contributed by atoms with Gasteiger partial charge in [-0.1, -0.05) is 6.92 Å². The molecule has 0 saturated heterocycles. The number of rotatable bonds is 2. The Morgan fingerprint density at radius 2 is 2.10 bits per heavy atom. The van der Waals surface area contributed by atoms with Gasteiger partial charge < -0.3 is 5.73 Å². The molecular weight excluding hydrogens is 132 g/mol. The summed E-state index contributed by atoms with van der Waals surface area (Å²) in [5, 5.41) is 2.09. The van der Waals surface area contributed by atoms with Crippen molar-refractivity contribution < 1.29 is 9.59 Å². The summed E-state index contributed by atoms with van der Waals surface area (Å²) in [5.74, 6) is -0.774. The summed E-state index contributed by atoms with van der Waals surface area (Å²) < 4.78 is 0. The van der Waals surface area contributed by atoms with Crippen LogP contribution >= 0.6 is 0 Å². The third-order valence-corrected chi connectivity index (χ3v) is 1.08. The fraction of sp³-hybridized carbons (Fsp3) is 0.667. The molecule has 4 heteroatoms. The second kappa shape index (κ2) is 4.00. The Hall–Kier alpha value is -0.900. The molecule has 2 amide bonds. The molecule has 0 rings (SSSR count). The average molecular weight is 144 g/mol. The summed E-state index contributed by atoms with van der Waals surface area (Å²) in [5.41, 5.74) is 5.30. The van der Waals surface area contributed by atoms with E-state index in [1.165, 1.54) is 6.92 Å². The molecule has 58 valence electrons. The minimum absolute atomic E-state index is 0.367. The highest BCUT2D eigenvalue weighted by molar-refractivity contribution is 5.96. The van der Waals surface area contributed by atoms with Crippen LogP contribution in [-0.4, -0.2) is 17.9 Å². The molecule has 1 atom stereocenters. The largest absolute Gasteiger partial charge is 0.320 e. The third kappa shape index (κ3) is 3.19. The zero-order valence-electron chi connectivity index (χ0n) is 6.18. The van der Waals surface area contributed by atoms with Crippen molar-refractivity contribution >= 4 is 11.8 Å². The number of carbonyl (C=O) groups excluding carboxylic acids is 2. The SMILES string of the molecule is CCC(N)C(=O)NC(C)=O. The lowest BCUT2D eigenvalue weighted by molar-refractivity contribution is -0.130. The number of imide groups is 1. The smallest absolute Gasteiger partial charge is 0.243 e. The summed E-state index contributed by atoms with van der Waals surface area (Å²) in [4.78, 5) is 21.0. The number of carbonyl (C=O) groups is 2. The predicted molar refractivity (Wildman–Crippen MR) is 37.1 cm³/mol. The van der Waals surface area contributed by atoms with Gasteiger partial charge in [0, 0.05) is 6.92 Å². The maximum atomic E-state index is 10.7. The van der Waals surface area contributed by atoms with Crippen LogP contribution in [0.2, 0.25) is 0 Å². The summed E-state index contributed by atoms with van der Waals surface area (Å²) in [7, 11) is 0. The van der Waals surface area contributed by atoms with Gasteiger partial charge in [-0.25, -0.2) is 0 Å². The van der Waals surface area contributed by atoms with Crippen LogP contribution in [-0.2, 0) is 9.59 Å². The highest BCUT2D eigenvalue weighted by Gasteiger charge is 2.10. The van der Waals surface area contributed by atoms with Crippen LogP contribution in [0.4, 0.5) is 0 Å². The first kappa shape index (κ1) is 9.10. The van der Waals surface area contributed by atoms with Crippen LogP contribution in [0, 0.1) is 0 Å². The molecule has 0 fully saturated rings. The van der Waals surface area contributed by atoms with E-state index in [1.807, 2.05) is 0 Å². The molecule has 4 nitrogen and oxygen atoms in total. The number of nitrogens with two attached hydrogens (primary N) is 1. The Labute approximate surface area is 59.8 Å². The van der Waals surface area contributed by atoms with E-state index in [-0.39, 0.29) is 5.91 Å². The third-order valence-electron chi connectivity index (χ3n) is 1.08. The zero-order chi connectivity index (χ0) is 8.15. The minimum atomic E-state index is -0.566. The van der Waals surface area contributed by atoms with Crippen LogP contribution < -0.4 is 11.1 Å². The Balaban J connectivity index is 3.73. The topological polar surface area (TPSA) is 72.2 Å². The monoisotopic (exact) mass is 144 g/mol. The van der Waals surface area contributed by atoms with Crippen molar-refractivity contribution in [1.82, 2.24) is 5.32 Å². The first-order valence-electron chi connectivity index (χ1n) is 3.15. The van der Waals surface area contributed by atoms with Crippen molar-refractivity contribution in [1.29, 1.82) is 0 Å². The van der Waals surface area contributed by atoms with E-state index in [4.69, 9.17) is 5.73 Å². The molecule has 0 aromatic rings. The quantitative estimate of drug-likeness (QED) is 0.543. The van der Waals surface area contributed by atoms with E-state index >= 15 is 0 Å². The first-order valence-corrected chi connectivity index (χ1v) is 3.15. The lowest BCUT2D eigenvalue weighted by Gasteiger charge is -2.05. The zero-order valence-corrected chi connectivity index (χ0v) is 6.18. The predicted octanol–water partition coefficient (Wildman–Crippen LogP) is -0.614. The van der Waals surface area contributed by atoms with Crippen molar-refractivity contribution in [2.24, 2.45) is 5.73 Å². The van der Waals surface area contributed by atoms with Gasteiger partial charge >= 0.3 is 0 Å². The number of hydrogen-bond donors (Lipinski definition) is 2. The molecule has 0 heterocycles. The lowest BCUT2D eigenvalue weighted by Crippen LogP contribution is -2.42. The van der Waals surface area contributed by atoms with Crippen molar-refractivity contribution in [2.75, 3.05) is 0 Å². The van der Waals surface area contributed by atoms with E-state index in [0.717, 1.165) is 0 Å². The van der Waals surface area contributed by atoms with Crippen LogP contribution in [0.1, 0.15) is 20.3 Å². The molecule has 3 N–H and O–H groups in total. The average Bonchev–Trinajstić information content (AvgIpc) is 1.85. The maximum absolute atomic E-state index is 10.7. The van der Waals surface area contributed by atoms with Gasteiger partial charge in [-0.15, -0.1) is 0 Å². The van der Waals surface area contributed by atoms with Gasteiger partial charge in [0.25, 0.3) is 0 Å². The molecule has 0 spiro atoms. The Bertz CT molecular complexity index is 145. The van der Waals surface area contributed by atoms with Crippen molar-refractivity contribution in [3.8, 4) is 0 Å². The molecule has 0 saturated carbocycles. The van der Waals surface area contributed by atoms with E-state index in [2.05, 4.69) is 5.32 Å². The summed E-state index contributed by atoms with van der Waals surface area (Å²) in [6, 6.07) is -0.566. The molecule has 0 bridgehead atoms. The summed E-state index contributed by atoms with van der Waals surface area (Å²) in [6.07, 6.45) is 0.541. The second-order valence-electron chi connectivity index (χ2n) is 2.06. The van der Waals surface area contributed by atoms with E-state index in [0.29, 0.717) is 6.42 Å². The Kier molecular flexibility index (Phi) is 3.64. The molecular formula is C6H12N2O2. The summed E-state index contributed by atoms with van der Waals surface area (Å²) >= 11 is 0. The fourth-order valence-electron chi connectivity index (χ4n) is 0.452. The van der Waals surface area contributed by atoms with Crippen LogP contribution in [0.25, 0.3) is 0 Å². The molecule has 0 aromatic heterocycles. The van der Waals surface area contributed by atoms with Gasteiger partial charge in [0.2, 0.25) is 11.8 Å². The molecule has 0 aliphatic carbocycles. The Morgan fingerprint density at radius 3 is 2.40 bits per heavy atom. The van der Waals surface area contributed by atoms with Crippen molar-refractivity contribution in [2.45, 2.75) is 26.3 Å². The molecule has 0 aliphatic heterocycles. The van der Waals surface area contributed by atoms with Gasteiger partial charge in [0.15, 0.2) is 0 Å². The maximum Gasteiger partial charge on any atom is 0.243 e. The van der Waals surface area contributed by atoms with Crippen LogP contribution in [0.3, 0.4) is 0 Å². The van der Waals surface area contributed by atoms with Gasteiger partial charge in [-0.05, 0) is 6.42 Å². The van der Waals surface area contributed by atoms with Crippen LogP contribution in [0.5, 0.6) is 0 Å². The highest BCUT2D eigenvalue weighted by Crippen LogP contribution is 1.84. The summed E-state index contributed by atoms with van der Waals surface area (Å²) in [6.45, 7) is 3.06. The van der Waals surface area contributed by atoms with Gasteiger partial charge in [0.1, 0.15) is 0 Å². The molecule has 10 heavy (non-hydrogen) atoms. The Morgan fingerprint density at radius 1 is 1.60 bits per heavy atom. The molecule has 0 aliphatic rings. The van der Waals surface area contributed by atoms with Crippen molar-refractivity contribution in [3.05, 3.63) is 0 Å².